The first kappa shape index (κ1) is 7.34. The third-order valence-electron chi connectivity index (χ3n) is 1.75. The summed E-state index contributed by atoms with van der Waals surface area (Å²) in [5.74, 6) is 0. The second kappa shape index (κ2) is 2.46. The summed E-state index contributed by atoms with van der Waals surface area (Å²) in [4.78, 5) is 10.3. The monoisotopic (exact) mass is 144 g/mol. The molecule has 1 rings (SSSR count). The first-order valence-electron chi connectivity index (χ1n) is 3.40. The molecular weight excluding hydrogens is 132 g/mol. The fraction of sp³-hybridized carbons (Fsp3) is 0.833. The van der Waals surface area contributed by atoms with Gasteiger partial charge in [0, 0.05) is 12.8 Å². The van der Waals surface area contributed by atoms with Gasteiger partial charge in [0.05, 0.1) is 0 Å². The van der Waals surface area contributed by atoms with Gasteiger partial charge in [-0.05, 0) is 12.8 Å². The van der Waals surface area contributed by atoms with Crippen molar-refractivity contribution in [3.63, 3.8) is 0 Å². The van der Waals surface area contributed by atoms with Crippen molar-refractivity contribution in [2.75, 3.05) is 0 Å². The third kappa shape index (κ3) is 1.60. The smallest absolute Gasteiger partial charge is 0.406 e. The lowest BCUT2D eigenvalue weighted by atomic mass is 10.2. The summed E-state index contributed by atoms with van der Waals surface area (Å²) in [6.07, 6.45) is 2.73. The average molecular weight is 144 g/mol. The average Bonchev–Trinajstić information content (AvgIpc) is 2.12. The molecule has 1 aliphatic carbocycles. The van der Waals surface area contributed by atoms with Crippen LogP contribution in [0.1, 0.15) is 25.7 Å². The zero-order valence-corrected chi connectivity index (χ0v) is 5.80. The van der Waals surface area contributed by atoms with E-state index >= 15 is 0 Å². The van der Waals surface area contributed by atoms with E-state index in [0.29, 0.717) is 0 Å². The molecule has 1 aliphatic rings. The molecule has 0 aliphatic heterocycles. The maximum Gasteiger partial charge on any atom is 0.406 e. The molecule has 1 amide bonds. The van der Waals surface area contributed by atoms with Crippen LogP contribution >= 0.6 is 0 Å². The van der Waals surface area contributed by atoms with E-state index in [2.05, 4.69) is 0 Å². The van der Waals surface area contributed by atoms with Gasteiger partial charge in [-0.2, -0.15) is 0 Å². The van der Waals surface area contributed by atoms with E-state index in [4.69, 9.17) is 16.2 Å². The van der Waals surface area contributed by atoms with Gasteiger partial charge in [0.15, 0.2) is 5.72 Å². The molecule has 0 unspecified atom stereocenters. The van der Waals surface area contributed by atoms with Gasteiger partial charge in [0.25, 0.3) is 0 Å². The van der Waals surface area contributed by atoms with Gasteiger partial charge in [0.1, 0.15) is 0 Å². The lowest BCUT2D eigenvalue weighted by Crippen LogP contribution is -2.43. The molecule has 0 radical (unpaired) electrons. The lowest BCUT2D eigenvalue weighted by molar-refractivity contribution is 0.0270. The standard InChI is InChI=1S/C6H12N2O2/c7-5(9)10-6(8)3-1-2-4-6/h1-4,8H2,(H2,7,9). The lowest BCUT2D eigenvalue weighted by Gasteiger charge is -2.21. The third-order valence-corrected chi connectivity index (χ3v) is 1.75. The van der Waals surface area contributed by atoms with Crippen LogP contribution in [0.3, 0.4) is 0 Å². The summed E-state index contributed by atoms with van der Waals surface area (Å²) >= 11 is 0. The molecule has 0 aromatic heterocycles. The molecule has 58 valence electrons. The van der Waals surface area contributed by atoms with Gasteiger partial charge in [-0.15, -0.1) is 0 Å². The molecule has 0 bridgehead atoms. The van der Waals surface area contributed by atoms with Crippen LogP contribution in [0.5, 0.6) is 0 Å². The first-order chi connectivity index (χ1) is 4.62. The molecule has 1 fully saturated rings. The Morgan fingerprint density at radius 3 is 2.30 bits per heavy atom. The van der Waals surface area contributed by atoms with Gasteiger partial charge in [-0.3, -0.25) is 5.73 Å². The predicted molar refractivity (Wildman–Crippen MR) is 36.1 cm³/mol. The minimum Gasteiger partial charge on any atom is -0.428 e. The predicted octanol–water partition coefficient (Wildman–Crippen LogP) is 0.311. The minimum absolute atomic E-state index is 0.732. The normalized spacial score (nSPS) is 22.5. The molecular formula is C6H12N2O2. The fourth-order valence-corrected chi connectivity index (χ4v) is 1.28. The molecule has 4 heteroatoms. The Morgan fingerprint density at radius 2 is 1.90 bits per heavy atom. The van der Waals surface area contributed by atoms with Crippen molar-refractivity contribution in [1.29, 1.82) is 0 Å². The molecule has 1 saturated carbocycles. The summed E-state index contributed by atoms with van der Waals surface area (Å²) in [7, 11) is 0. The number of carbonyl (C=O) groups excluding carboxylic acids is 1. The number of carbonyl (C=O) groups is 1. The van der Waals surface area contributed by atoms with Gasteiger partial charge in [0.2, 0.25) is 0 Å². The molecule has 4 nitrogen and oxygen atoms in total. The van der Waals surface area contributed by atoms with Crippen molar-refractivity contribution in [3.05, 3.63) is 0 Å². The Kier molecular flexibility index (Phi) is 1.80. The number of hydrogen-bond donors (Lipinski definition) is 2. The number of nitrogens with two attached hydrogens (primary N) is 2. The van der Waals surface area contributed by atoms with Gasteiger partial charge in [-0.1, -0.05) is 0 Å². The molecule has 4 N–H and O–H groups in total. The van der Waals surface area contributed by atoms with Gasteiger partial charge in [-0.25, -0.2) is 4.79 Å². The molecule has 0 aromatic carbocycles. The van der Waals surface area contributed by atoms with Crippen molar-refractivity contribution >= 4 is 6.09 Å². The highest BCUT2D eigenvalue weighted by molar-refractivity contribution is 5.65. The van der Waals surface area contributed by atoms with Crippen LogP contribution in [0.4, 0.5) is 4.79 Å². The van der Waals surface area contributed by atoms with Crippen LogP contribution in [0.15, 0.2) is 0 Å². The van der Waals surface area contributed by atoms with E-state index in [1.165, 1.54) is 0 Å². The maximum absolute atomic E-state index is 10.3. The zero-order valence-electron chi connectivity index (χ0n) is 5.80. The first-order valence-corrected chi connectivity index (χ1v) is 3.40. The fourth-order valence-electron chi connectivity index (χ4n) is 1.28. The highest BCUT2D eigenvalue weighted by Crippen LogP contribution is 2.27. The number of rotatable bonds is 1. The second-order valence-corrected chi connectivity index (χ2v) is 2.69. The summed E-state index contributed by atoms with van der Waals surface area (Å²) in [6.45, 7) is 0. The van der Waals surface area contributed by atoms with E-state index in [-0.39, 0.29) is 0 Å². The molecule has 0 atom stereocenters. The van der Waals surface area contributed by atoms with Crippen LogP contribution in [-0.2, 0) is 4.74 Å². The highest BCUT2D eigenvalue weighted by Gasteiger charge is 2.32. The van der Waals surface area contributed by atoms with Crippen LogP contribution < -0.4 is 11.5 Å². The Morgan fingerprint density at radius 1 is 1.40 bits per heavy atom. The molecule has 0 aromatic rings. The van der Waals surface area contributed by atoms with Crippen molar-refractivity contribution in [1.82, 2.24) is 0 Å². The number of hydrogen-bond acceptors (Lipinski definition) is 3. The van der Waals surface area contributed by atoms with Crippen LogP contribution in [0.2, 0.25) is 0 Å². The number of primary amides is 1. The summed E-state index contributed by atoms with van der Waals surface area (Å²) in [5.41, 5.74) is 9.70. The van der Waals surface area contributed by atoms with E-state index in [9.17, 15) is 4.79 Å². The number of ether oxygens (including phenoxy) is 1. The van der Waals surface area contributed by atoms with Crippen LogP contribution in [0, 0.1) is 0 Å². The Hall–Kier alpha value is -0.770. The highest BCUT2D eigenvalue weighted by atomic mass is 16.6. The maximum atomic E-state index is 10.3. The quantitative estimate of drug-likeness (QED) is 0.520. The van der Waals surface area contributed by atoms with Crippen molar-refractivity contribution < 1.29 is 9.53 Å². The van der Waals surface area contributed by atoms with Gasteiger partial charge < -0.3 is 10.5 Å². The van der Waals surface area contributed by atoms with E-state index in [1.54, 1.807) is 0 Å². The van der Waals surface area contributed by atoms with Gasteiger partial charge >= 0.3 is 6.09 Å². The summed E-state index contributed by atoms with van der Waals surface area (Å²) in [5, 5.41) is 0. The topological polar surface area (TPSA) is 78.3 Å². The molecule has 0 spiro atoms. The van der Waals surface area contributed by atoms with E-state index in [1.807, 2.05) is 0 Å². The molecule has 0 saturated heterocycles. The van der Waals surface area contributed by atoms with E-state index < -0.39 is 11.8 Å². The Bertz CT molecular complexity index is 141. The summed E-state index contributed by atoms with van der Waals surface area (Å²) in [6, 6.07) is 0. The second-order valence-electron chi connectivity index (χ2n) is 2.69. The zero-order chi connectivity index (χ0) is 7.61. The minimum atomic E-state index is -0.774. The Balaban J connectivity index is 2.43. The van der Waals surface area contributed by atoms with Crippen molar-refractivity contribution in [3.8, 4) is 0 Å². The molecule has 0 heterocycles. The van der Waals surface area contributed by atoms with Crippen LogP contribution in [-0.4, -0.2) is 11.8 Å². The van der Waals surface area contributed by atoms with Crippen LogP contribution in [0.25, 0.3) is 0 Å². The van der Waals surface area contributed by atoms with Crippen molar-refractivity contribution in [2.45, 2.75) is 31.4 Å². The molecule has 10 heavy (non-hydrogen) atoms. The summed E-state index contributed by atoms with van der Waals surface area (Å²) < 4.78 is 4.72. The SMILES string of the molecule is NC(=O)OC1(N)CCCC1. The number of amides is 1. The van der Waals surface area contributed by atoms with E-state index in [0.717, 1.165) is 25.7 Å². The van der Waals surface area contributed by atoms with Crippen molar-refractivity contribution in [2.24, 2.45) is 11.5 Å². The Labute approximate surface area is 59.5 Å². The largest absolute Gasteiger partial charge is 0.428 e.